The van der Waals surface area contributed by atoms with E-state index in [0.29, 0.717) is 0 Å². The first-order valence-corrected chi connectivity index (χ1v) is 5.97. The van der Waals surface area contributed by atoms with Crippen molar-refractivity contribution < 1.29 is 34.1 Å². The average Bonchev–Trinajstić information content (AvgIpc) is 2.44. The molecule has 0 bridgehead atoms. The summed E-state index contributed by atoms with van der Waals surface area (Å²) in [5, 5.41) is 18.1. The number of benzene rings is 1. The summed E-state index contributed by atoms with van der Waals surface area (Å²) >= 11 is 0. The van der Waals surface area contributed by atoms with E-state index in [1.165, 1.54) is 0 Å². The molecule has 0 unspecified atom stereocenters. The van der Waals surface area contributed by atoms with Crippen LogP contribution in [-0.4, -0.2) is 41.6 Å². The van der Waals surface area contributed by atoms with Crippen LogP contribution >= 0.6 is 0 Å². The minimum absolute atomic E-state index is 0.131. The predicted molar refractivity (Wildman–Crippen MR) is 71.9 cm³/mol. The molecule has 0 spiro atoms. The molecule has 116 valence electrons. The van der Waals surface area contributed by atoms with Crippen LogP contribution < -0.4 is 5.32 Å². The highest BCUT2D eigenvalue weighted by Gasteiger charge is 2.04. The van der Waals surface area contributed by atoms with E-state index in [1.54, 1.807) is 6.92 Å². The SMILES string of the molecule is CCOC(=O)O.O=C(O)CNC(=O)OCc1ccccc1. The van der Waals surface area contributed by atoms with Crippen molar-refractivity contribution in [3.63, 3.8) is 0 Å². The maximum absolute atomic E-state index is 10.9. The highest BCUT2D eigenvalue weighted by molar-refractivity contribution is 5.76. The fraction of sp³-hybridized carbons (Fsp3) is 0.308. The first kappa shape index (κ1) is 18.2. The minimum atomic E-state index is -1.21. The van der Waals surface area contributed by atoms with Crippen LogP contribution in [-0.2, 0) is 20.9 Å². The van der Waals surface area contributed by atoms with Crippen molar-refractivity contribution in [2.24, 2.45) is 0 Å². The molecule has 1 aromatic carbocycles. The summed E-state index contributed by atoms with van der Waals surface area (Å²) in [7, 11) is 0. The number of ether oxygens (including phenoxy) is 2. The number of amides is 1. The van der Waals surface area contributed by atoms with E-state index in [4.69, 9.17) is 14.9 Å². The van der Waals surface area contributed by atoms with Crippen LogP contribution in [0, 0.1) is 0 Å². The van der Waals surface area contributed by atoms with Gasteiger partial charge in [0.1, 0.15) is 13.2 Å². The molecule has 0 aliphatic rings. The van der Waals surface area contributed by atoms with E-state index < -0.39 is 24.8 Å². The maximum Gasteiger partial charge on any atom is 0.505 e. The second-order valence-electron chi connectivity index (χ2n) is 3.51. The molecule has 0 saturated heterocycles. The second kappa shape index (κ2) is 11.1. The Morgan fingerprint density at radius 3 is 2.14 bits per heavy atom. The predicted octanol–water partition coefficient (Wildman–Crippen LogP) is 1.70. The third kappa shape index (κ3) is 12.0. The Labute approximate surface area is 121 Å². The molecule has 0 aromatic heterocycles. The standard InChI is InChI=1S/C10H11NO4.C3H6O3/c12-9(13)6-11-10(14)15-7-8-4-2-1-3-5-8;1-2-6-3(4)5/h1-5H,6-7H2,(H,11,14)(H,12,13);2H2,1H3,(H,4,5). The van der Waals surface area contributed by atoms with Crippen LogP contribution in [0.5, 0.6) is 0 Å². The molecular formula is C13H17NO7. The largest absolute Gasteiger partial charge is 0.505 e. The minimum Gasteiger partial charge on any atom is -0.480 e. The Morgan fingerprint density at radius 2 is 1.71 bits per heavy atom. The highest BCUT2D eigenvalue weighted by Crippen LogP contribution is 2.00. The Morgan fingerprint density at radius 1 is 1.10 bits per heavy atom. The van der Waals surface area contributed by atoms with Gasteiger partial charge in [0.15, 0.2) is 0 Å². The molecule has 1 amide bonds. The third-order valence-electron chi connectivity index (χ3n) is 1.86. The van der Waals surface area contributed by atoms with Crippen molar-refractivity contribution in [2.75, 3.05) is 13.2 Å². The van der Waals surface area contributed by atoms with Gasteiger partial charge in [-0.1, -0.05) is 30.3 Å². The summed E-state index contributed by atoms with van der Waals surface area (Å²) in [5.41, 5.74) is 0.850. The Hall–Kier alpha value is -2.77. The molecule has 0 aliphatic heterocycles. The number of carbonyl (C=O) groups is 3. The molecular weight excluding hydrogens is 282 g/mol. The number of hydrogen-bond acceptors (Lipinski definition) is 5. The van der Waals surface area contributed by atoms with Crippen molar-refractivity contribution in [1.29, 1.82) is 0 Å². The molecule has 1 aromatic rings. The monoisotopic (exact) mass is 299 g/mol. The summed E-state index contributed by atoms with van der Waals surface area (Å²) in [4.78, 5) is 30.4. The first-order chi connectivity index (χ1) is 9.95. The molecule has 0 fully saturated rings. The fourth-order valence-corrected chi connectivity index (χ4v) is 1.05. The summed E-state index contributed by atoms with van der Waals surface area (Å²) in [6.07, 6.45) is -1.95. The van der Waals surface area contributed by atoms with Gasteiger partial charge in [-0.05, 0) is 12.5 Å². The lowest BCUT2D eigenvalue weighted by Crippen LogP contribution is -2.29. The third-order valence-corrected chi connectivity index (χ3v) is 1.86. The number of carbonyl (C=O) groups excluding carboxylic acids is 1. The van der Waals surface area contributed by atoms with Crippen molar-refractivity contribution in [1.82, 2.24) is 5.32 Å². The van der Waals surface area contributed by atoms with Gasteiger partial charge in [0.25, 0.3) is 0 Å². The lowest BCUT2D eigenvalue weighted by atomic mass is 10.2. The zero-order valence-corrected chi connectivity index (χ0v) is 11.4. The number of carboxylic acids is 1. The van der Waals surface area contributed by atoms with E-state index in [9.17, 15) is 14.4 Å². The zero-order valence-electron chi connectivity index (χ0n) is 11.4. The second-order valence-corrected chi connectivity index (χ2v) is 3.51. The van der Waals surface area contributed by atoms with E-state index in [1.807, 2.05) is 30.3 Å². The molecule has 0 atom stereocenters. The number of hydrogen-bond donors (Lipinski definition) is 3. The average molecular weight is 299 g/mol. The van der Waals surface area contributed by atoms with E-state index in [0.717, 1.165) is 5.56 Å². The van der Waals surface area contributed by atoms with Gasteiger partial charge in [-0.2, -0.15) is 0 Å². The Balaban J connectivity index is 0.000000567. The van der Waals surface area contributed by atoms with Gasteiger partial charge >= 0.3 is 18.2 Å². The molecule has 8 heteroatoms. The first-order valence-electron chi connectivity index (χ1n) is 5.97. The topological polar surface area (TPSA) is 122 Å². The summed E-state index contributed by atoms with van der Waals surface area (Å²) in [6, 6.07) is 9.13. The molecule has 3 N–H and O–H groups in total. The highest BCUT2D eigenvalue weighted by atomic mass is 16.7. The van der Waals surface area contributed by atoms with Crippen molar-refractivity contribution in [2.45, 2.75) is 13.5 Å². The number of nitrogens with one attached hydrogen (secondary N) is 1. The molecule has 0 saturated carbocycles. The zero-order chi connectivity index (χ0) is 16.1. The van der Waals surface area contributed by atoms with Crippen LogP contribution in [0.2, 0.25) is 0 Å². The van der Waals surface area contributed by atoms with E-state index in [-0.39, 0.29) is 13.2 Å². The number of carboxylic acid groups (broad SMARTS) is 2. The van der Waals surface area contributed by atoms with Gasteiger partial charge in [0.2, 0.25) is 0 Å². The van der Waals surface area contributed by atoms with Crippen LogP contribution in [0.3, 0.4) is 0 Å². The van der Waals surface area contributed by atoms with Gasteiger partial charge < -0.3 is 25.0 Å². The molecule has 1 rings (SSSR count). The van der Waals surface area contributed by atoms with E-state index in [2.05, 4.69) is 10.1 Å². The molecule has 8 nitrogen and oxygen atoms in total. The number of alkyl carbamates (subject to hydrolysis) is 1. The smallest absolute Gasteiger partial charge is 0.480 e. The summed E-state index contributed by atoms with van der Waals surface area (Å²) in [5.74, 6) is -1.10. The fourth-order valence-electron chi connectivity index (χ4n) is 1.05. The normalized spacial score (nSPS) is 8.81. The van der Waals surface area contributed by atoms with Gasteiger partial charge in [-0.3, -0.25) is 4.79 Å². The van der Waals surface area contributed by atoms with Gasteiger partial charge in [0.05, 0.1) is 6.61 Å². The van der Waals surface area contributed by atoms with Gasteiger partial charge in [-0.25, -0.2) is 9.59 Å². The quantitative estimate of drug-likeness (QED) is 0.707. The van der Waals surface area contributed by atoms with E-state index >= 15 is 0 Å². The molecule has 0 radical (unpaired) electrons. The Bertz CT molecular complexity index is 447. The molecule has 0 aliphatic carbocycles. The van der Waals surface area contributed by atoms with Crippen LogP contribution in [0.15, 0.2) is 30.3 Å². The summed E-state index contributed by atoms with van der Waals surface area (Å²) in [6.45, 7) is 1.55. The molecule has 21 heavy (non-hydrogen) atoms. The van der Waals surface area contributed by atoms with Crippen molar-refractivity contribution in [3.8, 4) is 0 Å². The molecule has 0 heterocycles. The van der Waals surface area contributed by atoms with Crippen molar-refractivity contribution >= 4 is 18.2 Å². The summed E-state index contributed by atoms with van der Waals surface area (Å²) < 4.78 is 8.72. The van der Waals surface area contributed by atoms with Crippen molar-refractivity contribution in [3.05, 3.63) is 35.9 Å². The van der Waals surface area contributed by atoms with Crippen LogP contribution in [0.4, 0.5) is 9.59 Å². The van der Waals surface area contributed by atoms with Crippen LogP contribution in [0.1, 0.15) is 12.5 Å². The lowest BCUT2D eigenvalue weighted by molar-refractivity contribution is -0.135. The Kier molecular flexibility index (Phi) is 9.63. The number of aliphatic carboxylic acids is 1. The maximum atomic E-state index is 10.9. The van der Waals surface area contributed by atoms with Gasteiger partial charge in [0, 0.05) is 0 Å². The lowest BCUT2D eigenvalue weighted by Gasteiger charge is -2.04. The number of rotatable bonds is 5. The van der Waals surface area contributed by atoms with Crippen LogP contribution in [0.25, 0.3) is 0 Å². The van der Waals surface area contributed by atoms with Gasteiger partial charge in [-0.15, -0.1) is 0 Å².